The van der Waals surface area contributed by atoms with Crippen molar-refractivity contribution in [2.75, 3.05) is 12.9 Å². The number of sulfonamides is 1. The predicted molar refractivity (Wildman–Crippen MR) is 108 cm³/mol. The molecule has 1 aromatic heterocycles. The summed E-state index contributed by atoms with van der Waals surface area (Å²) in [5, 5.41) is 4.44. The molecule has 1 atom stereocenters. The molecule has 144 valence electrons. The highest BCUT2D eigenvalue weighted by atomic mass is 32.2. The number of aromatic nitrogens is 2. The second kappa shape index (κ2) is 7.20. The average Bonchev–Trinajstić information content (AvgIpc) is 3.14. The molecule has 8 heteroatoms. The Morgan fingerprint density at radius 3 is 2.57 bits per heavy atom. The van der Waals surface area contributed by atoms with Crippen LogP contribution in [-0.2, 0) is 10.0 Å². The first kappa shape index (κ1) is 18.4. The minimum atomic E-state index is -3.55. The van der Waals surface area contributed by atoms with Crippen molar-refractivity contribution in [1.29, 1.82) is 0 Å². The van der Waals surface area contributed by atoms with E-state index < -0.39 is 16.1 Å². The van der Waals surface area contributed by atoms with Crippen LogP contribution in [0.3, 0.4) is 0 Å². The molecule has 0 saturated carbocycles. The SMILES string of the molecule is CCOc1ccc(C2=NN(S(C)(=O)=O)[C@H](c3cccc4nccnc34)C2)cc1. The summed E-state index contributed by atoms with van der Waals surface area (Å²) in [6, 6.07) is 12.7. The Labute approximate surface area is 163 Å². The molecule has 2 aromatic carbocycles. The van der Waals surface area contributed by atoms with E-state index in [-0.39, 0.29) is 0 Å². The molecule has 0 radical (unpaired) electrons. The first-order chi connectivity index (χ1) is 13.5. The molecular weight excluding hydrogens is 376 g/mol. The minimum Gasteiger partial charge on any atom is -0.494 e. The van der Waals surface area contributed by atoms with Gasteiger partial charge in [-0.2, -0.15) is 9.52 Å². The topological polar surface area (TPSA) is 84.8 Å². The van der Waals surface area contributed by atoms with E-state index in [9.17, 15) is 8.42 Å². The first-order valence-electron chi connectivity index (χ1n) is 8.97. The molecule has 0 saturated heterocycles. The van der Waals surface area contributed by atoms with Crippen molar-refractivity contribution in [3.63, 3.8) is 0 Å². The zero-order valence-corrected chi connectivity index (χ0v) is 16.4. The van der Waals surface area contributed by atoms with Crippen LogP contribution in [0.25, 0.3) is 11.0 Å². The molecule has 0 fully saturated rings. The van der Waals surface area contributed by atoms with Crippen molar-refractivity contribution in [2.45, 2.75) is 19.4 Å². The molecule has 0 amide bonds. The van der Waals surface area contributed by atoms with Crippen molar-refractivity contribution in [3.8, 4) is 5.75 Å². The van der Waals surface area contributed by atoms with Gasteiger partial charge in [-0.3, -0.25) is 9.97 Å². The number of nitrogens with zero attached hydrogens (tertiary/aromatic N) is 4. The number of hydrogen-bond acceptors (Lipinski definition) is 6. The molecule has 1 aliphatic heterocycles. The largest absolute Gasteiger partial charge is 0.494 e. The summed E-state index contributed by atoms with van der Waals surface area (Å²) in [6.45, 7) is 2.52. The number of hydrogen-bond donors (Lipinski definition) is 0. The van der Waals surface area contributed by atoms with Gasteiger partial charge >= 0.3 is 0 Å². The van der Waals surface area contributed by atoms with Crippen LogP contribution in [0.15, 0.2) is 60.0 Å². The first-order valence-corrected chi connectivity index (χ1v) is 10.8. The van der Waals surface area contributed by atoms with Crippen LogP contribution in [-0.4, -0.2) is 41.4 Å². The van der Waals surface area contributed by atoms with Crippen LogP contribution in [0.2, 0.25) is 0 Å². The van der Waals surface area contributed by atoms with E-state index >= 15 is 0 Å². The Hall–Kier alpha value is -3.00. The van der Waals surface area contributed by atoms with Gasteiger partial charge in [-0.05, 0) is 42.8 Å². The van der Waals surface area contributed by atoms with Gasteiger partial charge in [0.2, 0.25) is 10.0 Å². The predicted octanol–water partition coefficient (Wildman–Crippen LogP) is 3.14. The molecule has 4 rings (SSSR count). The van der Waals surface area contributed by atoms with Crippen LogP contribution in [0.1, 0.15) is 30.5 Å². The number of para-hydroxylation sites is 1. The van der Waals surface area contributed by atoms with E-state index in [2.05, 4.69) is 15.1 Å². The maximum atomic E-state index is 12.4. The molecule has 28 heavy (non-hydrogen) atoms. The number of benzene rings is 2. The monoisotopic (exact) mass is 396 g/mol. The van der Waals surface area contributed by atoms with Crippen LogP contribution >= 0.6 is 0 Å². The maximum Gasteiger partial charge on any atom is 0.247 e. The fourth-order valence-electron chi connectivity index (χ4n) is 3.39. The maximum absolute atomic E-state index is 12.4. The van der Waals surface area contributed by atoms with Gasteiger partial charge in [0.25, 0.3) is 0 Å². The van der Waals surface area contributed by atoms with Gasteiger partial charge < -0.3 is 4.74 Å². The van der Waals surface area contributed by atoms with Gasteiger partial charge in [-0.25, -0.2) is 8.42 Å². The summed E-state index contributed by atoms with van der Waals surface area (Å²) in [5.74, 6) is 0.769. The van der Waals surface area contributed by atoms with Crippen LogP contribution in [0.5, 0.6) is 5.75 Å². The Morgan fingerprint density at radius 2 is 1.86 bits per heavy atom. The normalized spacial score (nSPS) is 17.0. The zero-order chi connectivity index (χ0) is 19.7. The van der Waals surface area contributed by atoms with E-state index in [0.29, 0.717) is 24.3 Å². The Kier molecular flexibility index (Phi) is 4.72. The fraction of sp³-hybridized carbons (Fsp3) is 0.250. The number of rotatable bonds is 5. The highest BCUT2D eigenvalue weighted by Gasteiger charge is 2.35. The fourth-order valence-corrected chi connectivity index (χ4v) is 4.29. The summed E-state index contributed by atoms with van der Waals surface area (Å²) >= 11 is 0. The van der Waals surface area contributed by atoms with Gasteiger partial charge in [0.15, 0.2) is 0 Å². The zero-order valence-electron chi connectivity index (χ0n) is 15.6. The smallest absolute Gasteiger partial charge is 0.247 e. The minimum absolute atomic E-state index is 0.455. The highest BCUT2D eigenvalue weighted by molar-refractivity contribution is 7.88. The van der Waals surface area contributed by atoms with Gasteiger partial charge in [-0.1, -0.05) is 12.1 Å². The highest BCUT2D eigenvalue weighted by Crippen LogP contribution is 2.37. The van der Waals surface area contributed by atoms with Crippen molar-refractivity contribution in [1.82, 2.24) is 14.4 Å². The molecule has 7 nitrogen and oxygen atoms in total. The standard InChI is InChI=1S/C20H20N4O3S/c1-3-27-15-9-7-14(8-10-15)18-13-19(24(23-18)28(2,25)26)16-5-4-6-17-20(16)22-12-11-21-17/h4-12,19H,3,13H2,1-2H3/t19-/m0/s1. The van der Waals surface area contributed by atoms with Gasteiger partial charge in [0, 0.05) is 24.4 Å². The lowest BCUT2D eigenvalue weighted by molar-refractivity contribution is 0.340. The average molecular weight is 396 g/mol. The van der Waals surface area contributed by atoms with Crippen molar-refractivity contribution < 1.29 is 13.2 Å². The molecule has 1 aliphatic rings. The van der Waals surface area contributed by atoms with Crippen LogP contribution < -0.4 is 4.74 Å². The summed E-state index contributed by atoms with van der Waals surface area (Å²) in [5.41, 5.74) is 3.78. The van der Waals surface area contributed by atoms with E-state index in [0.717, 1.165) is 22.4 Å². The van der Waals surface area contributed by atoms with Crippen molar-refractivity contribution >= 4 is 26.8 Å². The van der Waals surface area contributed by atoms with E-state index in [1.807, 2.05) is 49.4 Å². The molecule has 2 heterocycles. The Morgan fingerprint density at radius 1 is 1.11 bits per heavy atom. The van der Waals surface area contributed by atoms with Gasteiger partial charge in [0.1, 0.15) is 5.75 Å². The van der Waals surface area contributed by atoms with Crippen LogP contribution in [0.4, 0.5) is 0 Å². The molecule has 0 spiro atoms. The third-order valence-corrected chi connectivity index (χ3v) is 5.62. The molecular formula is C20H20N4O3S. The number of ether oxygens (including phenoxy) is 1. The number of hydrazone groups is 1. The van der Waals surface area contributed by atoms with Crippen molar-refractivity contribution in [3.05, 3.63) is 66.0 Å². The quantitative estimate of drug-likeness (QED) is 0.661. The second-order valence-corrected chi connectivity index (χ2v) is 8.37. The van der Waals surface area contributed by atoms with E-state index in [1.165, 1.54) is 10.7 Å². The molecule has 0 unspecified atom stereocenters. The Balaban J connectivity index is 1.75. The van der Waals surface area contributed by atoms with E-state index in [1.54, 1.807) is 12.4 Å². The summed E-state index contributed by atoms with van der Waals surface area (Å²) in [7, 11) is -3.55. The summed E-state index contributed by atoms with van der Waals surface area (Å²) < 4.78 is 31.5. The second-order valence-electron chi connectivity index (χ2n) is 6.53. The lowest BCUT2D eigenvalue weighted by Gasteiger charge is -2.22. The Bertz CT molecular complexity index is 1140. The van der Waals surface area contributed by atoms with Gasteiger partial charge in [0.05, 0.1) is 35.6 Å². The van der Waals surface area contributed by atoms with Crippen LogP contribution in [0, 0.1) is 0 Å². The summed E-state index contributed by atoms with van der Waals surface area (Å²) in [4.78, 5) is 8.74. The molecule has 0 N–H and O–H groups in total. The molecule has 0 aliphatic carbocycles. The molecule has 3 aromatic rings. The third kappa shape index (κ3) is 3.43. The third-order valence-electron chi connectivity index (χ3n) is 4.60. The summed E-state index contributed by atoms with van der Waals surface area (Å²) in [6.07, 6.45) is 4.86. The van der Waals surface area contributed by atoms with Crippen molar-refractivity contribution in [2.24, 2.45) is 5.10 Å². The lowest BCUT2D eigenvalue weighted by Crippen LogP contribution is -2.26. The van der Waals surface area contributed by atoms with Gasteiger partial charge in [-0.15, -0.1) is 0 Å². The number of fused-ring (bicyclic) bond motifs is 1. The lowest BCUT2D eigenvalue weighted by atomic mass is 9.98. The molecule has 0 bridgehead atoms. The van der Waals surface area contributed by atoms with E-state index in [4.69, 9.17) is 4.74 Å².